The lowest BCUT2D eigenvalue weighted by molar-refractivity contribution is 0.0909. The van der Waals surface area contributed by atoms with E-state index in [1.807, 2.05) is 6.92 Å². The van der Waals surface area contributed by atoms with Crippen molar-refractivity contribution in [3.8, 4) is 0 Å². The number of anilines is 1. The van der Waals surface area contributed by atoms with Crippen molar-refractivity contribution >= 4 is 11.7 Å². The van der Waals surface area contributed by atoms with Crippen molar-refractivity contribution in [2.24, 2.45) is 0 Å². The number of amides is 1. The molecule has 1 aliphatic rings. The van der Waals surface area contributed by atoms with Gasteiger partial charge in [0.1, 0.15) is 17.8 Å². The highest BCUT2D eigenvalue weighted by Gasteiger charge is 2.15. The molecule has 1 aromatic heterocycles. The first kappa shape index (κ1) is 15.7. The Bertz CT molecular complexity index is 461. The maximum absolute atomic E-state index is 12.0. The molecule has 2 rings (SSSR count). The van der Waals surface area contributed by atoms with Gasteiger partial charge in [-0.3, -0.25) is 4.79 Å². The van der Waals surface area contributed by atoms with Gasteiger partial charge in [-0.15, -0.1) is 0 Å². The van der Waals surface area contributed by atoms with Gasteiger partial charge in [0, 0.05) is 18.7 Å². The fourth-order valence-corrected chi connectivity index (χ4v) is 2.46. The highest BCUT2D eigenvalue weighted by molar-refractivity contribution is 5.92. The maximum atomic E-state index is 12.0. The van der Waals surface area contributed by atoms with Gasteiger partial charge >= 0.3 is 0 Å². The number of nitrogens with one attached hydrogen (secondary N) is 2. The zero-order valence-electron chi connectivity index (χ0n) is 12.5. The van der Waals surface area contributed by atoms with E-state index in [0.29, 0.717) is 24.0 Å². The van der Waals surface area contributed by atoms with Gasteiger partial charge in [-0.05, 0) is 19.3 Å². The molecule has 0 radical (unpaired) electrons. The number of carbonyl (C=O) groups excluding carboxylic acids is 1. The molecule has 1 aliphatic carbocycles. The van der Waals surface area contributed by atoms with Crippen molar-refractivity contribution in [3.63, 3.8) is 0 Å². The number of hydrogen-bond acceptors (Lipinski definition) is 5. The largest absolute Gasteiger partial charge is 0.391 e. The average molecular weight is 292 g/mol. The second-order valence-electron chi connectivity index (χ2n) is 5.54. The molecule has 6 nitrogen and oxygen atoms in total. The van der Waals surface area contributed by atoms with Crippen LogP contribution in [0.5, 0.6) is 0 Å². The molecule has 3 N–H and O–H groups in total. The first-order valence-electron chi connectivity index (χ1n) is 7.74. The lowest BCUT2D eigenvalue weighted by Gasteiger charge is -2.23. The number of rotatable bonds is 6. The molecule has 116 valence electrons. The molecule has 0 bridgehead atoms. The molecule has 21 heavy (non-hydrogen) atoms. The second kappa shape index (κ2) is 7.93. The molecule has 1 aromatic rings. The van der Waals surface area contributed by atoms with Crippen molar-refractivity contribution in [2.75, 3.05) is 11.9 Å². The van der Waals surface area contributed by atoms with Crippen molar-refractivity contribution in [1.29, 1.82) is 0 Å². The van der Waals surface area contributed by atoms with Crippen LogP contribution < -0.4 is 10.6 Å². The third-order valence-electron chi connectivity index (χ3n) is 3.83. The van der Waals surface area contributed by atoms with Gasteiger partial charge in [0.15, 0.2) is 0 Å². The molecular weight excluding hydrogens is 268 g/mol. The molecule has 0 unspecified atom stereocenters. The van der Waals surface area contributed by atoms with Crippen molar-refractivity contribution in [1.82, 2.24) is 15.3 Å². The Hall–Kier alpha value is -1.69. The average Bonchev–Trinajstić information content (AvgIpc) is 2.53. The van der Waals surface area contributed by atoms with Gasteiger partial charge in [-0.2, -0.15) is 0 Å². The van der Waals surface area contributed by atoms with Crippen molar-refractivity contribution in [2.45, 2.75) is 57.6 Å². The number of nitrogens with zero attached hydrogens (tertiary/aromatic N) is 2. The van der Waals surface area contributed by atoms with E-state index in [4.69, 9.17) is 0 Å². The summed E-state index contributed by atoms with van der Waals surface area (Å²) < 4.78 is 0. The zero-order chi connectivity index (χ0) is 15.1. The fraction of sp³-hybridized carbons (Fsp3) is 0.667. The summed E-state index contributed by atoms with van der Waals surface area (Å²) in [6, 6.07) is 2.11. The van der Waals surface area contributed by atoms with E-state index in [9.17, 15) is 9.90 Å². The molecule has 0 aliphatic heterocycles. The number of carbonyl (C=O) groups is 1. The van der Waals surface area contributed by atoms with Gasteiger partial charge in [0.25, 0.3) is 5.91 Å². The Morgan fingerprint density at radius 2 is 2.14 bits per heavy atom. The van der Waals surface area contributed by atoms with Crippen LogP contribution in [0.25, 0.3) is 0 Å². The monoisotopic (exact) mass is 292 g/mol. The number of aromatic nitrogens is 2. The first-order valence-corrected chi connectivity index (χ1v) is 7.74. The standard InChI is InChI=1S/C15H24N4O2/c1-2-12(20)9-16-15(21)13-8-14(18-10-17-13)19-11-6-4-3-5-7-11/h8,10-12,20H,2-7,9H2,1H3,(H,16,21)(H,17,18,19)/t12-/m1/s1. The molecular formula is C15H24N4O2. The summed E-state index contributed by atoms with van der Waals surface area (Å²) in [6.45, 7) is 2.11. The highest BCUT2D eigenvalue weighted by Crippen LogP contribution is 2.20. The Kier molecular flexibility index (Phi) is 5.92. The van der Waals surface area contributed by atoms with Crippen molar-refractivity contribution in [3.05, 3.63) is 18.1 Å². The number of aliphatic hydroxyl groups excluding tert-OH is 1. The predicted octanol–water partition coefficient (Wildman–Crippen LogP) is 1.72. The molecule has 0 spiro atoms. The van der Waals surface area contributed by atoms with Crippen LogP contribution in [0.3, 0.4) is 0 Å². The first-order chi connectivity index (χ1) is 10.2. The van der Waals surface area contributed by atoms with E-state index in [1.165, 1.54) is 25.6 Å². The minimum absolute atomic E-state index is 0.241. The van der Waals surface area contributed by atoms with E-state index in [-0.39, 0.29) is 12.5 Å². The van der Waals surface area contributed by atoms with Crippen LogP contribution in [0.1, 0.15) is 55.9 Å². The third-order valence-corrected chi connectivity index (χ3v) is 3.83. The Labute approximate surface area is 125 Å². The minimum atomic E-state index is -0.518. The summed E-state index contributed by atoms with van der Waals surface area (Å²) in [5, 5.41) is 15.5. The van der Waals surface area contributed by atoms with Gasteiger partial charge < -0.3 is 15.7 Å². The van der Waals surface area contributed by atoms with Crippen LogP contribution in [0, 0.1) is 0 Å². The quantitative estimate of drug-likeness (QED) is 0.743. The van der Waals surface area contributed by atoms with E-state index in [0.717, 1.165) is 12.8 Å². The van der Waals surface area contributed by atoms with Crippen LogP contribution in [0.2, 0.25) is 0 Å². The number of aliphatic hydroxyl groups is 1. The summed E-state index contributed by atoms with van der Waals surface area (Å²) in [5.74, 6) is 0.412. The van der Waals surface area contributed by atoms with E-state index in [1.54, 1.807) is 6.07 Å². The molecule has 1 fully saturated rings. The van der Waals surface area contributed by atoms with Gasteiger partial charge in [-0.25, -0.2) is 9.97 Å². The van der Waals surface area contributed by atoms with Crippen molar-refractivity contribution < 1.29 is 9.90 Å². The van der Waals surface area contributed by atoms with E-state index >= 15 is 0 Å². The van der Waals surface area contributed by atoms with Crippen LogP contribution in [0.15, 0.2) is 12.4 Å². The third kappa shape index (κ3) is 4.97. The summed E-state index contributed by atoms with van der Waals surface area (Å²) in [5.41, 5.74) is 0.326. The van der Waals surface area contributed by atoms with Crippen LogP contribution in [-0.2, 0) is 0 Å². The molecule has 6 heteroatoms. The van der Waals surface area contributed by atoms with Gasteiger partial charge in [-0.1, -0.05) is 26.2 Å². The molecule has 1 heterocycles. The summed E-state index contributed by atoms with van der Waals surface area (Å²) in [6.07, 6.45) is 7.57. The second-order valence-corrected chi connectivity index (χ2v) is 5.54. The lowest BCUT2D eigenvalue weighted by Crippen LogP contribution is -2.32. The molecule has 1 amide bonds. The predicted molar refractivity (Wildman–Crippen MR) is 81.2 cm³/mol. The summed E-state index contributed by atoms with van der Waals surface area (Å²) in [7, 11) is 0. The summed E-state index contributed by atoms with van der Waals surface area (Å²) >= 11 is 0. The van der Waals surface area contributed by atoms with E-state index < -0.39 is 6.10 Å². The molecule has 1 atom stereocenters. The summed E-state index contributed by atoms with van der Waals surface area (Å²) in [4.78, 5) is 20.1. The maximum Gasteiger partial charge on any atom is 0.270 e. The minimum Gasteiger partial charge on any atom is -0.391 e. The lowest BCUT2D eigenvalue weighted by atomic mass is 9.95. The van der Waals surface area contributed by atoms with Crippen LogP contribution >= 0.6 is 0 Å². The smallest absolute Gasteiger partial charge is 0.270 e. The van der Waals surface area contributed by atoms with Crippen LogP contribution in [-0.4, -0.2) is 39.7 Å². The Balaban J connectivity index is 1.91. The Morgan fingerprint density at radius 3 is 2.86 bits per heavy atom. The fourth-order valence-electron chi connectivity index (χ4n) is 2.46. The highest BCUT2D eigenvalue weighted by atomic mass is 16.3. The topological polar surface area (TPSA) is 87.1 Å². The van der Waals surface area contributed by atoms with Gasteiger partial charge in [0.2, 0.25) is 0 Å². The van der Waals surface area contributed by atoms with Gasteiger partial charge in [0.05, 0.1) is 6.10 Å². The zero-order valence-corrected chi connectivity index (χ0v) is 12.5. The molecule has 0 aromatic carbocycles. The van der Waals surface area contributed by atoms with E-state index in [2.05, 4.69) is 20.6 Å². The molecule has 0 saturated heterocycles. The van der Waals surface area contributed by atoms with Crippen LogP contribution in [0.4, 0.5) is 5.82 Å². The molecule has 1 saturated carbocycles. The SMILES string of the molecule is CC[C@@H](O)CNC(=O)c1cc(NC2CCCCC2)ncn1. The number of hydrogen-bond donors (Lipinski definition) is 3. The normalized spacial score (nSPS) is 17.2. The Morgan fingerprint density at radius 1 is 1.38 bits per heavy atom.